The lowest BCUT2D eigenvalue weighted by Gasteiger charge is -2.34. The molecule has 0 bridgehead atoms. The summed E-state index contributed by atoms with van der Waals surface area (Å²) < 4.78 is 13.4. The molecule has 0 saturated heterocycles. The molecule has 0 saturated carbocycles. The van der Waals surface area contributed by atoms with Gasteiger partial charge in [-0.3, -0.25) is 0 Å². The van der Waals surface area contributed by atoms with E-state index in [4.69, 9.17) is 8.85 Å². The second kappa shape index (κ2) is 7.26. The van der Waals surface area contributed by atoms with Gasteiger partial charge < -0.3 is 8.85 Å². The van der Waals surface area contributed by atoms with Crippen molar-refractivity contribution in [3.63, 3.8) is 0 Å². The van der Waals surface area contributed by atoms with E-state index in [0.717, 1.165) is 12.8 Å². The predicted octanol–water partition coefficient (Wildman–Crippen LogP) is 3.40. The van der Waals surface area contributed by atoms with Crippen LogP contribution in [0.25, 0.3) is 0 Å². The molecule has 1 aliphatic heterocycles. The van der Waals surface area contributed by atoms with E-state index >= 15 is 0 Å². The van der Waals surface area contributed by atoms with E-state index < -0.39 is 8.56 Å². The van der Waals surface area contributed by atoms with Gasteiger partial charge >= 0.3 is 8.56 Å². The van der Waals surface area contributed by atoms with E-state index in [1.54, 1.807) is 0 Å². The van der Waals surface area contributed by atoms with E-state index in [1.165, 1.54) is 10.4 Å². The minimum Gasteiger partial charge on any atom is -0.381 e. The average Bonchev–Trinajstić information content (AvgIpc) is 2.83. The molecular weight excluding hydrogens is 300 g/mol. The molecule has 120 valence electrons. The Morgan fingerprint density at radius 1 is 0.696 bits per heavy atom. The van der Waals surface area contributed by atoms with Gasteiger partial charge in [0.15, 0.2) is 0 Å². The quantitative estimate of drug-likeness (QED) is 0.634. The summed E-state index contributed by atoms with van der Waals surface area (Å²) in [6.45, 7) is 4.33. The first-order valence-electron chi connectivity index (χ1n) is 8.43. The molecule has 1 aliphatic rings. The molecule has 2 atom stereocenters. The highest BCUT2D eigenvalue weighted by Gasteiger charge is 2.46. The zero-order valence-corrected chi connectivity index (χ0v) is 14.8. The van der Waals surface area contributed by atoms with Crippen molar-refractivity contribution >= 4 is 18.9 Å². The topological polar surface area (TPSA) is 18.5 Å². The standard InChI is InChI=1S/C20H24O2Si/c1-3-17-15-16-18(4-2)22-23(21-17,19-11-7-5-8-12-19)20-13-9-6-10-14-20/h5-18H,3-4H2,1-2H3. The van der Waals surface area contributed by atoms with Crippen LogP contribution >= 0.6 is 0 Å². The molecular formula is C20H24O2Si. The van der Waals surface area contributed by atoms with Gasteiger partial charge in [0.2, 0.25) is 0 Å². The molecule has 0 fully saturated rings. The van der Waals surface area contributed by atoms with E-state index in [0.29, 0.717) is 0 Å². The van der Waals surface area contributed by atoms with Gasteiger partial charge in [-0.15, -0.1) is 0 Å². The first kappa shape index (κ1) is 16.2. The van der Waals surface area contributed by atoms with Gasteiger partial charge in [-0.25, -0.2) is 0 Å². The molecule has 2 nitrogen and oxygen atoms in total. The van der Waals surface area contributed by atoms with Crippen LogP contribution in [0.4, 0.5) is 0 Å². The van der Waals surface area contributed by atoms with Gasteiger partial charge in [0.05, 0.1) is 12.2 Å². The Morgan fingerprint density at radius 3 is 1.43 bits per heavy atom. The monoisotopic (exact) mass is 324 g/mol. The summed E-state index contributed by atoms with van der Waals surface area (Å²) in [7, 11) is -2.72. The molecule has 0 aliphatic carbocycles. The lowest BCUT2D eigenvalue weighted by molar-refractivity contribution is 0.142. The van der Waals surface area contributed by atoms with Crippen molar-refractivity contribution < 1.29 is 8.85 Å². The van der Waals surface area contributed by atoms with Gasteiger partial charge in [-0.2, -0.15) is 0 Å². The second-order valence-electron chi connectivity index (χ2n) is 5.86. The third-order valence-corrected chi connectivity index (χ3v) is 7.74. The SMILES string of the molecule is CCC1C=CC(CC)O[Si](c2ccccc2)(c2ccccc2)O1. The predicted molar refractivity (Wildman–Crippen MR) is 97.4 cm³/mol. The van der Waals surface area contributed by atoms with Crippen molar-refractivity contribution in [2.75, 3.05) is 0 Å². The molecule has 23 heavy (non-hydrogen) atoms. The maximum atomic E-state index is 6.68. The normalized spacial score (nSPS) is 23.4. The van der Waals surface area contributed by atoms with Gasteiger partial charge in [0, 0.05) is 0 Å². The van der Waals surface area contributed by atoms with Crippen molar-refractivity contribution in [3.8, 4) is 0 Å². The summed E-state index contributed by atoms with van der Waals surface area (Å²) in [5.41, 5.74) is 0. The first-order chi connectivity index (χ1) is 11.3. The number of hydrogen-bond acceptors (Lipinski definition) is 2. The van der Waals surface area contributed by atoms with Crippen LogP contribution in [0.2, 0.25) is 0 Å². The summed E-state index contributed by atoms with van der Waals surface area (Å²) in [6, 6.07) is 20.9. The van der Waals surface area contributed by atoms with Crippen molar-refractivity contribution in [1.29, 1.82) is 0 Å². The van der Waals surface area contributed by atoms with Crippen LogP contribution in [0.15, 0.2) is 72.8 Å². The van der Waals surface area contributed by atoms with Gasteiger partial charge in [-0.05, 0) is 23.2 Å². The van der Waals surface area contributed by atoms with Gasteiger partial charge in [-0.1, -0.05) is 86.7 Å². The minimum atomic E-state index is -2.72. The minimum absolute atomic E-state index is 0.0960. The van der Waals surface area contributed by atoms with Crippen LogP contribution in [0.3, 0.4) is 0 Å². The Balaban J connectivity index is 2.15. The van der Waals surface area contributed by atoms with Crippen LogP contribution in [0.5, 0.6) is 0 Å². The maximum Gasteiger partial charge on any atom is 0.408 e. The summed E-state index contributed by atoms with van der Waals surface area (Å²) >= 11 is 0. The van der Waals surface area contributed by atoms with Crippen molar-refractivity contribution in [2.45, 2.75) is 38.9 Å². The lowest BCUT2D eigenvalue weighted by atomic mass is 10.2. The van der Waals surface area contributed by atoms with Crippen LogP contribution in [-0.2, 0) is 8.85 Å². The maximum absolute atomic E-state index is 6.68. The van der Waals surface area contributed by atoms with Crippen LogP contribution in [0.1, 0.15) is 26.7 Å². The summed E-state index contributed by atoms with van der Waals surface area (Å²) in [5.74, 6) is 0. The lowest BCUT2D eigenvalue weighted by Crippen LogP contribution is -2.65. The highest BCUT2D eigenvalue weighted by Crippen LogP contribution is 2.22. The summed E-state index contributed by atoms with van der Waals surface area (Å²) in [4.78, 5) is 0. The Kier molecular flexibility index (Phi) is 5.11. The van der Waals surface area contributed by atoms with E-state index in [1.807, 2.05) is 12.1 Å². The Labute approximate surface area is 140 Å². The number of rotatable bonds is 4. The third kappa shape index (κ3) is 3.32. The van der Waals surface area contributed by atoms with E-state index in [2.05, 4.69) is 74.5 Å². The Hall–Kier alpha value is -1.68. The molecule has 2 unspecified atom stereocenters. The fourth-order valence-corrected chi connectivity index (χ4v) is 6.51. The molecule has 1 heterocycles. The van der Waals surface area contributed by atoms with Crippen LogP contribution in [-0.4, -0.2) is 20.8 Å². The fourth-order valence-electron chi connectivity index (χ4n) is 2.97. The van der Waals surface area contributed by atoms with Gasteiger partial charge in [0.1, 0.15) is 0 Å². The number of benzene rings is 2. The summed E-state index contributed by atoms with van der Waals surface area (Å²) in [5, 5.41) is 2.35. The largest absolute Gasteiger partial charge is 0.408 e. The summed E-state index contributed by atoms with van der Waals surface area (Å²) in [6.07, 6.45) is 6.44. The smallest absolute Gasteiger partial charge is 0.381 e. The molecule has 0 N–H and O–H groups in total. The van der Waals surface area contributed by atoms with E-state index in [-0.39, 0.29) is 12.2 Å². The molecule has 2 aromatic rings. The van der Waals surface area contributed by atoms with Crippen molar-refractivity contribution in [2.24, 2.45) is 0 Å². The van der Waals surface area contributed by atoms with Crippen molar-refractivity contribution in [1.82, 2.24) is 0 Å². The zero-order chi connectivity index (χ0) is 16.1. The molecule has 0 spiro atoms. The Morgan fingerprint density at radius 2 is 1.09 bits per heavy atom. The highest BCUT2D eigenvalue weighted by molar-refractivity contribution is 6.92. The Bertz CT molecular complexity index is 582. The molecule has 0 radical (unpaired) electrons. The van der Waals surface area contributed by atoms with Crippen LogP contribution in [0, 0.1) is 0 Å². The molecule has 3 heteroatoms. The van der Waals surface area contributed by atoms with Crippen LogP contribution < -0.4 is 10.4 Å². The van der Waals surface area contributed by atoms with Gasteiger partial charge in [0.25, 0.3) is 0 Å². The second-order valence-corrected chi connectivity index (χ2v) is 8.72. The zero-order valence-electron chi connectivity index (χ0n) is 13.8. The molecule has 3 rings (SSSR count). The number of hydrogen-bond donors (Lipinski definition) is 0. The fraction of sp³-hybridized carbons (Fsp3) is 0.300. The molecule has 0 aromatic heterocycles. The first-order valence-corrected chi connectivity index (χ1v) is 10.2. The average molecular weight is 324 g/mol. The molecule has 0 amide bonds. The van der Waals surface area contributed by atoms with Crippen molar-refractivity contribution in [3.05, 3.63) is 72.8 Å². The third-order valence-electron chi connectivity index (χ3n) is 4.29. The van der Waals surface area contributed by atoms with E-state index in [9.17, 15) is 0 Å². The molecule has 2 aromatic carbocycles. The highest BCUT2D eigenvalue weighted by atomic mass is 28.4.